The third-order valence-electron chi connectivity index (χ3n) is 3.50. The molecule has 3 nitrogen and oxygen atoms in total. The highest BCUT2D eigenvalue weighted by atomic mass is 32.2. The van der Waals surface area contributed by atoms with Crippen molar-refractivity contribution in [3.05, 3.63) is 35.9 Å². The monoisotopic (exact) mass is 295 g/mol. The molecule has 0 spiro atoms. The van der Waals surface area contributed by atoms with E-state index in [9.17, 15) is 4.79 Å². The molecule has 0 aliphatic rings. The van der Waals surface area contributed by atoms with Crippen molar-refractivity contribution in [3.63, 3.8) is 0 Å². The first-order valence-corrected chi connectivity index (χ1v) is 8.28. The average molecular weight is 295 g/mol. The molecule has 0 fully saturated rings. The molecule has 112 valence electrons. The van der Waals surface area contributed by atoms with Crippen LogP contribution in [-0.2, 0) is 11.2 Å². The summed E-state index contributed by atoms with van der Waals surface area (Å²) >= 11 is 1.65. The predicted octanol–water partition coefficient (Wildman–Crippen LogP) is 2.63. The van der Waals surface area contributed by atoms with Gasteiger partial charge in [0.05, 0.1) is 5.75 Å². The number of hydrogen-bond acceptors (Lipinski definition) is 3. The molecule has 1 amide bonds. The second-order valence-corrected chi connectivity index (χ2v) is 6.33. The van der Waals surface area contributed by atoms with Gasteiger partial charge in [0.2, 0.25) is 5.91 Å². The van der Waals surface area contributed by atoms with Crippen LogP contribution in [0.1, 0.15) is 32.3 Å². The van der Waals surface area contributed by atoms with Gasteiger partial charge in [-0.2, -0.15) is 11.8 Å². The molecular formula is C16H25NO2S. The predicted molar refractivity (Wildman–Crippen MR) is 86.0 cm³/mol. The Morgan fingerprint density at radius 3 is 2.65 bits per heavy atom. The molecule has 1 aromatic rings. The Balaban J connectivity index is 2.23. The summed E-state index contributed by atoms with van der Waals surface area (Å²) in [6.07, 6.45) is 2.42. The van der Waals surface area contributed by atoms with Crippen LogP contribution < -0.4 is 5.32 Å². The lowest BCUT2D eigenvalue weighted by atomic mass is 9.95. The maximum Gasteiger partial charge on any atom is 0.230 e. The quantitative estimate of drug-likeness (QED) is 0.689. The van der Waals surface area contributed by atoms with E-state index in [2.05, 4.69) is 17.4 Å². The third-order valence-corrected chi connectivity index (χ3v) is 4.46. The Bertz CT molecular complexity index is 397. The molecule has 0 aromatic heterocycles. The lowest BCUT2D eigenvalue weighted by molar-refractivity contribution is -0.120. The Hall–Kier alpha value is -1.00. The molecule has 0 bridgehead atoms. The zero-order chi connectivity index (χ0) is 14.8. The highest BCUT2D eigenvalue weighted by molar-refractivity contribution is 7.99. The van der Waals surface area contributed by atoms with E-state index in [0.29, 0.717) is 12.2 Å². The minimum atomic E-state index is -0.286. The first-order valence-electron chi connectivity index (χ1n) is 7.13. The van der Waals surface area contributed by atoms with E-state index >= 15 is 0 Å². The van der Waals surface area contributed by atoms with E-state index in [1.54, 1.807) is 11.8 Å². The second kappa shape index (κ2) is 9.03. The Labute approximate surface area is 126 Å². The van der Waals surface area contributed by atoms with Crippen LogP contribution >= 0.6 is 11.8 Å². The molecule has 0 saturated heterocycles. The molecule has 1 rings (SSSR count). The number of carbonyl (C=O) groups is 1. The molecule has 20 heavy (non-hydrogen) atoms. The molecule has 1 unspecified atom stereocenters. The van der Waals surface area contributed by atoms with Crippen molar-refractivity contribution in [2.45, 2.75) is 38.6 Å². The van der Waals surface area contributed by atoms with Gasteiger partial charge in [0, 0.05) is 12.1 Å². The maximum atomic E-state index is 11.9. The Morgan fingerprint density at radius 2 is 2.05 bits per heavy atom. The summed E-state index contributed by atoms with van der Waals surface area (Å²) in [7, 11) is 0. The van der Waals surface area contributed by atoms with E-state index in [1.165, 1.54) is 5.56 Å². The zero-order valence-electron chi connectivity index (χ0n) is 12.4. The molecule has 1 atom stereocenters. The van der Waals surface area contributed by atoms with Gasteiger partial charge in [-0.1, -0.05) is 37.3 Å². The molecule has 1 aromatic carbocycles. The van der Waals surface area contributed by atoms with Crippen molar-refractivity contribution in [2.75, 3.05) is 18.1 Å². The maximum absolute atomic E-state index is 11.9. The fraction of sp³-hybridized carbons (Fsp3) is 0.562. The SMILES string of the molecule is CCC(C)(CCO)NC(=O)CSCCc1ccccc1. The van der Waals surface area contributed by atoms with Crippen molar-refractivity contribution in [1.29, 1.82) is 0 Å². The summed E-state index contributed by atoms with van der Waals surface area (Å²) in [6.45, 7) is 4.11. The van der Waals surface area contributed by atoms with Crippen molar-refractivity contribution in [3.8, 4) is 0 Å². The molecular weight excluding hydrogens is 270 g/mol. The lowest BCUT2D eigenvalue weighted by Gasteiger charge is -2.28. The van der Waals surface area contributed by atoms with Crippen LogP contribution in [0, 0.1) is 0 Å². The van der Waals surface area contributed by atoms with Gasteiger partial charge in [-0.25, -0.2) is 0 Å². The average Bonchev–Trinajstić information content (AvgIpc) is 2.45. The van der Waals surface area contributed by atoms with Crippen LogP contribution in [0.2, 0.25) is 0 Å². The first-order chi connectivity index (χ1) is 9.59. The summed E-state index contributed by atoms with van der Waals surface area (Å²) in [5.74, 6) is 1.48. The number of thioether (sulfide) groups is 1. The number of amides is 1. The number of carbonyl (C=O) groups excluding carboxylic acids is 1. The molecule has 0 heterocycles. The van der Waals surface area contributed by atoms with Gasteiger partial charge in [-0.15, -0.1) is 0 Å². The molecule has 4 heteroatoms. The van der Waals surface area contributed by atoms with Gasteiger partial charge in [-0.05, 0) is 37.5 Å². The zero-order valence-corrected chi connectivity index (χ0v) is 13.2. The minimum Gasteiger partial charge on any atom is -0.396 e. The third kappa shape index (κ3) is 6.44. The molecule has 0 aliphatic heterocycles. The second-order valence-electron chi connectivity index (χ2n) is 5.22. The van der Waals surface area contributed by atoms with Gasteiger partial charge in [0.15, 0.2) is 0 Å². The summed E-state index contributed by atoms with van der Waals surface area (Å²) in [5.41, 5.74) is 1.02. The number of nitrogens with one attached hydrogen (secondary N) is 1. The summed E-state index contributed by atoms with van der Waals surface area (Å²) in [4.78, 5) is 11.9. The number of aryl methyl sites for hydroxylation is 1. The number of benzene rings is 1. The van der Waals surface area contributed by atoms with Crippen LogP contribution in [0.5, 0.6) is 0 Å². The van der Waals surface area contributed by atoms with Crippen LogP contribution in [0.25, 0.3) is 0 Å². The summed E-state index contributed by atoms with van der Waals surface area (Å²) in [6, 6.07) is 10.3. The van der Waals surface area contributed by atoms with Gasteiger partial charge in [0.1, 0.15) is 0 Å². The summed E-state index contributed by atoms with van der Waals surface area (Å²) in [5, 5.41) is 12.1. The van der Waals surface area contributed by atoms with Crippen molar-refractivity contribution < 1.29 is 9.90 Å². The van der Waals surface area contributed by atoms with Gasteiger partial charge in [0.25, 0.3) is 0 Å². The standard InChI is InChI=1S/C16H25NO2S/c1-3-16(2,10-11-18)17-15(19)13-20-12-9-14-7-5-4-6-8-14/h4-8,18H,3,9-13H2,1-2H3,(H,17,19). The van der Waals surface area contributed by atoms with E-state index in [1.807, 2.05) is 32.0 Å². The van der Waals surface area contributed by atoms with Crippen LogP contribution in [-0.4, -0.2) is 34.7 Å². The number of aliphatic hydroxyl groups is 1. The summed E-state index contributed by atoms with van der Waals surface area (Å²) < 4.78 is 0. The van der Waals surface area contributed by atoms with Gasteiger partial charge in [-0.3, -0.25) is 4.79 Å². The molecule has 0 radical (unpaired) electrons. The first kappa shape index (κ1) is 17.1. The normalized spacial score (nSPS) is 13.8. The van der Waals surface area contributed by atoms with Crippen molar-refractivity contribution in [1.82, 2.24) is 5.32 Å². The molecule has 0 aliphatic carbocycles. The number of hydrogen-bond donors (Lipinski definition) is 2. The van der Waals surface area contributed by atoms with Crippen molar-refractivity contribution in [2.24, 2.45) is 0 Å². The van der Waals surface area contributed by atoms with E-state index in [0.717, 1.165) is 18.6 Å². The minimum absolute atomic E-state index is 0.0564. The topological polar surface area (TPSA) is 49.3 Å². The van der Waals surface area contributed by atoms with Crippen molar-refractivity contribution >= 4 is 17.7 Å². The molecule has 0 saturated carbocycles. The highest BCUT2D eigenvalue weighted by Crippen LogP contribution is 2.14. The molecule has 2 N–H and O–H groups in total. The number of aliphatic hydroxyl groups excluding tert-OH is 1. The van der Waals surface area contributed by atoms with Crippen LogP contribution in [0.15, 0.2) is 30.3 Å². The van der Waals surface area contributed by atoms with E-state index < -0.39 is 0 Å². The number of rotatable bonds is 9. The fourth-order valence-corrected chi connectivity index (χ4v) is 2.73. The lowest BCUT2D eigenvalue weighted by Crippen LogP contribution is -2.46. The smallest absolute Gasteiger partial charge is 0.230 e. The van der Waals surface area contributed by atoms with Gasteiger partial charge < -0.3 is 10.4 Å². The highest BCUT2D eigenvalue weighted by Gasteiger charge is 2.23. The van der Waals surface area contributed by atoms with Crippen LogP contribution in [0.4, 0.5) is 0 Å². The largest absolute Gasteiger partial charge is 0.396 e. The van der Waals surface area contributed by atoms with Crippen LogP contribution in [0.3, 0.4) is 0 Å². The van der Waals surface area contributed by atoms with Gasteiger partial charge >= 0.3 is 0 Å². The van der Waals surface area contributed by atoms with E-state index in [4.69, 9.17) is 5.11 Å². The Kier molecular flexibility index (Phi) is 7.70. The fourth-order valence-electron chi connectivity index (χ4n) is 1.95. The van der Waals surface area contributed by atoms with E-state index in [-0.39, 0.29) is 18.1 Å². The Morgan fingerprint density at radius 1 is 1.35 bits per heavy atom.